The predicted octanol–water partition coefficient (Wildman–Crippen LogP) is 13.2. The average Bonchev–Trinajstić information content (AvgIpc) is 3.59. The molecule has 1 aromatic heterocycles. The highest BCUT2D eigenvalue weighted by Gasteiger charge is 2.41. The molecule has 1 heterocycles. The van der Waals surface area contributed by atoms with Gasteiger partial charge in [0.05, 0.1) is 11.4 Å². The van der Waals surface area contributed by atoms with Gasteiger partial charge < -0.3 is 0 Å². The lowest BCUT2D eigenvalue weighted by atomic mass is 9.79. The van der Waals surface area contributed by atoms with Crippen molar-refractivity contribution in [3.05, 3.63) is 197 Å². The van der Waals surface area contributed by atoms with E-state index < -0.39 is 0 Å². The van der Waals surface area contributed by atoms with Gasteiger partial charge in [0.2, 0.25) is 0 Å². The van der Waals surface area contributed by atoms with Crippen LogP contribution in [0.1, 0.15) is 73.5 Å². The van der Waals surface area contributed by atoms with Crippen molar-refractivity contribution in [2.45, 2.75) is 50.9 Å². The first-order valence-electron chi connectivity index (χ1n) is 19.2. The first-order valence-corrected chi connectivity index (χ1v) is 19.2. The highest BCUT2D eigenvalue weighted by molar-refractivity contribution is 5.91. The van der Waals surface area contributed by atoms with Crippen molar-refractivity contribution in [3.63, 3.8) is 0 Å². The maximum absolute atomic E-state index is 5.13. The Bertz CT molecular complexity index is 2660. The van der Waals surface area contributed by atoms with Crippen molar-refractivity contribution in [1.82, 2.24) is 9.97 Å². The molecular weight excluding hydrogens is 653 g/mol. The summed E-state index contributed by atoms with van der Waals surface area (Å²) in [7, 11) is 0. The van der Waals surface area contributed by atoms with Gasteiger partial charge >= 0.3 is 0 Å². The van der Waals surface area contributed by atoms with Gasteiger partial charge in [-0.25, -0.2) is 9.97 Å². The van der Waals surface area contributed by atoms with E-state index in [2.05, 4.69) is 185 Å². The van der Waals surface area contributed by atoms with Gasteiger partial charge in [-0.3, -0.25) is 0 Å². The number of hydrogen-bond donors (Lipinski definition) is 0. The second-order valence-corrected chi connectivity index (χ2v) is 16.2. The van der Waals surface area contributed by atoms with E-state index in [1.807, 2.05) is 6.07 Å². The molecule has 2 heteroatoms. The molecule has 54 heavy (non-hydrogen) atoms. The van der Waals surface area contributed by atoms with Gasteiger partial charge in [-0.15, -0.1) is 0 Å². The van der Waals surface area contributed by atoms with E-state index in [9.17, 15) is 0 Å². The molecule has 260 valence electrons. The maximum Gasteiger partial charge on any atom is 0.160 e. The Kier molecular flexibility index (Phi) is 7.36. The molecule has 0 bridgehead atoms. The number of benzene rings is 6. The smallest absolute Gasteiger partial charge is 0.160 e. The molecule has 3 aliphatic carbocycles. The van der Waals surface area contributed by atoms with Gasteiger partial charge in [-0.05, 0) is 97.5 Å². The van der Waals surface area contributed by atoms with Crippen molar-refractivity contribution in [3.8, 4) is 56.0 Å². The molecule has 0 saturated heterocycles. The predicted molar refractivity (Wildman–Crippen MR) is 224 cm³/mol. The summed E-state index contributed by atoms with van der Waals surface area (Å²) in [5.41, 5.74) is 20.1. The van der Waals surface area contributed by atoms with Crippen molar-refractivity contribution < 1.29 is 0 Å². The summed E-state index contributed by atoms with van der Waals surface area (Å²) >= 11 is 0. The largest absolute Gasteiger partial charge is 0.232 e. The number of aromatic nitrogens is 2. The Balaban J connectivity index is 0.995. The number of fused-ring (bicyclic) bond motifs is 6. The summed E-state index contributed by atoms with van der Waals surface area (Å²) in [5, 5.41) is 0. The first-order chi connectivity index (χ1) is 26.3. The highest BCUT2D eigenvalue weighted by Crippen LogP contribution is 2.56. The van der Waals surface area contributed by atoms with Gasteiger partial charge in [0.1, 0.15) is 0 Å². The van der Waals surface area contributed by atoms with E-state index in [0.717, 1.165) is 34.8 Å². The molecule has 0 spiro atoms. The molecule has 1 unspecified atom stereocenters. The Labute approximate surface area is 318 Å². The fraction of sp³-hybridized carbons (Fsp3) is 0.154. The minimum atomic E-state index is -0.0721. The standard InChI is InChI=1S/C52H42N2/c1-51(2)44-18-12-11-17-40(44)42-30-47-43(31-46(42)51)41-29-39(27-28-45(41)52(47,3)4)35-21-25-37(26-22-35)49-32-48(53-50(54-49)38-15-9-6-10-16-38)36-23-19-34(20-24-36)33-13-7-5-8-14-33/h5-23,25-32,36H,24H2,1-4H3. The zero-order chi connectivity index (χ0) is 36.6. The topological polar surface area (TPSA) is 25.8 Å². The van der Waals surface area contributed by atoms with Gasteiger partial charge in [-0.2, -0.15) is 0 Å². The van der Waals surface area contributed by atoms with Gasteiger partial charge in [0.25, 0.3) is 0 Å². The molecule has 0 fully saturated rings. The summed E-state index contributed by atoms with van der Waals surface area (Å²) in [6.07, 6.45) is 7.77. The molecule has 1 atom stereocenters. The van der Waals surface area contributed by atoms with Crippen LogP contribution in [0.15, 0.2) is 164 Å². The lowest BCUT2D eigenvalue weighted by molar-refractivity contribution is 0.652. The quantitative estimate of drug-likeness (QED) is 0.179. The van der Waals surface area contributed by atoms with E-state index in [1.54, 1.807) is 0 Å². The van der Waals surface area contributed by atoms with E-state index in [0.29, 0.717) is 0 Å². The molecule has 2 nitrogen and oxygen atoms in total. The zero-order valence-electron chi connectivity index (χ0n) is 31.3. The monoisotopic (exact) mass is 694 g/mol. The second kappa shape index (κ2) is 12.2. The molecule has 0 N–H and O–H groups in total. The van der Waals surface area contributed by atoms with Crippen molar-refractivity contribution in [2.75, 3.05) is 0 Å². The van der Waals surface area contributed by atoms with E-state index in [4.69, 9.17) is 9.97 Å². The second-order valence-electron chi connectivity index (χ2n) is 16.2. The third-order valence-corrected chi connectivity index (χ3v) is 12.3. The van der Waals surface area contributed by atoms with Crippen LogP contribution in [0.5, 0.6) is 0 Å². The van der Waals surface area contributed by atoms with Crippen molar-refractivity contribution in [2.24, 2.45) is 0 Å². The molecular formula is C52H42N2. The molecule has 0 aliphatic heterocycles. The van der Waals surface area contributed by atoms with Crippen molar-refractivity contribution >= 4 is 5.57 Å². The molecule has 0 radical (unpaired) electrons. The number of hydrogen-bond acceptors (Lipinski definition) is 2. The lowest BCUT2D eigenvalue weighted by Crippen LogP contribution is -2.16. The SMILES string of the molecule is CC1(C)c2ccccc2-c2cc3c(cc21)-c1cc(-c2ccc(-c4cc(C5C=CC(c6ccccc6)=CC5)nc(-c5ccccc5)n4)cc2)ccc1C3(C)C. The molecule has 0 saturated carbocycles. The third-order valence-electron chi connectivity index (χ3n) is 12.3. The average molecular weight is 695 g/mol. The van der Waals surface area contributed by atoms with Crippen LogP contribution in [-0.2, 0) is 10.8 Å². The number of allylic oxidation sites excluding steroid dienone is 4. The minimum Gasteiger partial charge on any atom is -0.232 e. The van der Waals surface area contributed by atoms with Crippen LogP contribution in [0.2, 0.25) is 0 Å². The number of nitrogens with zero attached hydrogens (tertiary/aromatic N) is 2. The van der Waals surface area contributed by atoms with Crippen LogP contribution in [-0.4, -0.2) is 9.97 Å². The maximum atomic E-state index is 5.13. The summed E-state index contributed by atoms with van der Waals surface area (Å²) in [6.45, 7) is 9.51. The van der Waals surface area contributed by atoms with Crippen LogP contribution in [0, 0.1) is 0 Å². The fourth-order valence-corrected chi connectivity index (χ4v) is 9.16. The van der Waals surface area contributed by atoms with Gasteiger partial charge in [0, 0.05) is 27.9 Å². The van der Waals surface area contributed by atoms with E-state index >= 15 is 0 Å². The Morgan fingerprint density at radius 3 is 1.72 bits per heavy atom. The van der Waals surface area contributed by atoms with Gasteiger partial charge in [0.15, 0.2) is 5.82 Å². The van der Waals surface area contributed by atoms with E-state index in [1.165, 1.54) is 66.8 Å². The van der Waals surface area contributed by atoms with Crippen LogP contribution in [0.25, 0.3) is 61.6 Å². The zero-order valence-corrected chi connectivity index (χ0v) is 31.3. The minimum absolute atomic E-state index is 0.0302. The Morgan fingerprint density at radius 1 is 0.463 bits per heavy atom. The van der Waals surface area contributed by atoms with E-state index in [-0.39, 0.29) is 16.7 Å². The van der Waals surface area contributed by atoms with Crippen LogP contribution >= 0.6 is 0 Å². The van der Waals surface area contributed by atoms with Gasteiger partial charge in [-0.1, -0.05) is 167 Å². The molecule has 7 aromatic rings. The van der Waals surface area contributed by atoms with Crippen molar-refractivity contribution in [1.29, 1.82) is 0 Å². The Hall–Kier alpha value is -6.12. The third kappa shape index (κ3) is 5.16. The van der Waals surface area contributed by atoms with Crippen LogP contribution in [0.4, 0.5) is 0 Å². The summed E-state index contributed by atoms with van der Waals surface area (Å²) < 4.78 is 0. The molecule has 10 rings (SSSR count). The van der Waals surface area contributed by atoms with Crippen LogP contribution in [0.3, 0.4) is 0 Å². The highest BCUT2D eigenvalue weighted by atomic mass is 14.9. The number of rotatable bonds is 5. The Morgan fingerprint density at radius 2 is 1.04 bits per heavy atom. The molecule has 6 aromatic carbocycles. The summed E-state index contributed by atoms with van der Waals surface area (Å²) in [6, 6.07) is 53.1. The fourth-order valence-electron chi connectivity index (χ4n) is 9.16. The molecule has 3 aliphatic rings. The molecule has 0 amide bonds. The summed E-state index contributed by atoms with van der Waals surface area (Å²) in [5.74, 6) is 0.941. The first kappa shape index (κ1) is 32.5. The summed E-state index contributed by atoms with van der Waals surface area (Å²) in [4.78, 5) is 10.3. The lowest BCUT2D eigenvalue weighted by Gasteiger charge is -2.24. The normalized spacial score (nSPS) is 17.0. The van der Waals surface area contributed by atoms with Crippen LogP contribution < -0.4 is 0 Å².